The first-order valence-electron chi connectivity index (χ1n) is 6.14. The van der Waals surface area contributed by atoms with Crippen LogP contribution in [0.2, 0.25) is 5.02 Å². The number of rotatable bonds is 5. The Kier molecular flexibility index (Phi) is 5.49. The Morgan fingerprint density at radius 1 is 1.24 bits per heavy atom. The van der Waals surface area contributed by atoms with E-state index in [1.807, 2.05) is 45.0 Å². The van der Waals surface area contributed by atoms with E-state index in [1.54, 1.807) is 0 Å². The molecule has 1 N–H and O–H groups in total. The minimum atomic E-state index is 0.0281. The summed E-state index contributed by atoms with van der Waals surface area (Å²) < 4.78 is 0. The second-order valence-corrected chi connectivity index (χ2v) is 4.73. The number of hydrogen-bond acceptors (Lipinski definition) is 1. The fourth-order valence-electron chi connectivity index (χ4n) is 1.83. The molecule has 17 heavy (non-hydrogen) atoms. The lowest BCUT2D eigenvalue weighted by Gasteiger charge is -2.18. The molecule has 94 valence electrons. The van der Waals surface area contributed by atoms with Crippen molar-refractivity contribution in [3.05, 3.63) is 34.9 Å². The highest BCUT2D eigenvalue weighted by Gasteiger charge is 2.16. The minimum absolute atomic E-state index is 0.0281. The molecule has 1 aromatic rings. The lowest BCUT2D eigenvalue weighted by molar-refractivity contribution is -0.125. The van der Waals surface area contributed by atoms with Crippen molar-refractivity contribution in [3.63, 3.8) is 0 Å². The summed E-state index contributed by atoms with van der Waals surface area (Å²) in [5, 5.41) is 3.75. The molecule has 0 aliphatic rings. The van der Waals surface area contributed by atoms with Crippen LogP contribution in [0.25, 0.3) is 0 Å². The third-order valence-corrected chi connectivity index (χ3v) is 3.34. The van der Waals surface area contributed by atoms with E-state index in [0.717, 1.165) is 18.4 Å². The van der Waals surface area contributed by atoms with Crippen molar-refractivity contribution in [3.8, 4) is 0 Å². The van der Waals surface area contributed by atoms with E-state index in [4.69, 9.17) is 11.6 Å². The van der Waals surface area contributed by atoms with Crippen molar-refractivity contribution in [2.24, 2.45) is 5.92 Å². The minimum Gasteiger partial charge on any atom is -0.349 e. The molecule has 0 aliphatic carbocycles. The molecular formula is C14H20ClNO. The van der Waals surface area contributed by atoms with Crippen molar-refractivity contribution in [1.82, 2.24) is 5.32 Å². The molecule has 0 aliphatic heterocycles. The predicted molar refractivity (Wildman–Crippen MR) is 72.1 cm³/mol. The fourth-order valence-corrected chi connectivity index (χ4v) is 1.95. The summed E-state index contributed by atoms with van der Waals surface area (Å²) in [7, 11) is 0. The van der Waals surface area contributed by atoms with Crippen molar-refractivity contribution in [2.45, 2.75) is 39.7 Å². The molecule has 1 atom stereocenters. The Morgan fingerprint density at radius 3 is 2.24 bits per heavy atom. The Balaban J connectivity index is 2.62. The topological polar surface area (TPSA) is 29.1 Å². The largest absolute Gasteiger partial charge is 0.349 e. The van der Waals surface area contributed by atoms with E-state index in [1.165, 1.54) is 0 Å². The number of nitrogens with one attached hydrogen (secondary N) is 1. The van der Waals surface area contributed by atoms with E-state index in [2.05, 4.69) is 5.32 Å². The second kappa shape index (κ2) is 6.65. The molecule has 0 radical (unpaired) electrons. The summed E-state index contributed by atoms with van der Waals surface area (Å²) in [6.45, 7) is 6.07. The van der Waals surface area contributed by atoms with Gasteiger partial charge in [0.1, 0.15) is 0 Å². The smallest absolute Gasteiger partial charge is 0.223 e. The fraction of sp³-hybridized carbons (Fsp3) is 0.500. The van der Waals surface area contributed by atoms with Gasteiger partial charge >= 0.3 is 0 Å². The third kappa shape index (κ3) is 4.04. The molecule has 0 aromatic heterocycles. The number of carbonyl (C=O) groups excluding carboxylic acids is 1. The quantitative estimate of drug-likeness (QED) is 0.846. The van der Waals surface area contributed by atoms with Gasteiger partial charge in [-0.05, 0) is 37.5 Å². The second-order valence-electron chi connectivity index (χ2n) is 4.30. The molecule has 3 heteroatoms. The van der Waals surface area contributed by atoms with Crippen molar-refractivity contribution >= 4 is 17.5 Å². The first-order chi connectivity index (χ1) is 8.08. The third-order valence-electron chi connectivity index (χ3n) is 3.09. The molecule has 1 aromatic carbocycles. The maximum Gasteiger partial charge on any atom is 0.223 e. The van der Waals surface area contributed by atoms with Gasteiger partial charge < -0.3 is 5.32 Å². The van der Waals surface area contributed by atoms with Crippen molar-refractivity contribution in [1.29, 1.82) is 0 Å². The van der Waals surface area contributed by atoms with Crippen LogP contribution < -0.4 is 5.32 Å². The average molecular weight is 254 g/mol. The van der Waals surface area contributed by atoms with Crippen LogP contribution in [0.4, 0.5) is 0 Å². The lowest BCUT2D eigenvalue weighted by atomic mass is 10.0. The van der Waals surface area contributed by atoms with Crippen LogP contribution in [0.15, 0.2) is 24.3 Å². The Bertz CT molecular complexity index is 357. The van der Waals surface area contributed by atoms with Gasteiger partial charge in [-0.25, -0.2) is 0 Å². The van der Waals surface area contributed by atoms with Crippen LogP contribution in [0, 0.1) is 5.92 Å². The van der Waals surface area contributed by atoms with Gasteiger partial charge in [0, 0.05) is 10.9 Å². The number of halogens is 1. The summed E-state index contributed by atoms with van der Waals surface area (Å²) >= 11 is 5.83. The van der Waals surface area contributed by atoms with Crippen molar-refractivity contribution < 1.29 is 4.79 Å². The Labute approximate surface area is 108 Å². The summed E-state index contributed by atoms with van der Waals surface area (Å²) in [5.41, 5.74) is 1.08. The molecule has 2 nitrogen and oxygen atoms in total. The molecule has 0 fully saturated rings. The van der Waals surface area contributed by atoms with Crippen LogP contribution in [-0.4, -0.2) is 5.91 Å². The maximum absolute atomic E-state index is 11.9. The Hall–Kier alpha value is -1.02. The predicted octanol–water partition coefficient (Wildman–Crippen LogP) is 3.95. The van der Waals surface area contributed by atoms with Crippen LogP contribution in [0.5, 0.6) is 0 Å². The first-order valence-corrected chi connectivity index (χ1v) is 6.52. The van der Waals surface area contributed by atoms with E-state index >= 15 is 0 Å². The highest BCUT2D eigenvalue weighted by atomic mass is 35.5. The molecule has 0 saturated heterocycles. The van der Waals surface area contributed by atoms with E-state index in [9.17, 15) is 4.79 Å². The zero-order chi connectivity index (χ0) is 12.8. The Morgan fingerprint density at radius 2 is 1.76 bits per heavy atom. The van der Waals surface area contributed by atoms with E-state index in [-0.39, 0.29) is 17.9 Å². The van der Waals surface area contributed by atoms with Gasteiger partial charge in [-0.1, -0.05) is 37.6 Å². The number of benzene rings is 1. The highest BCUT2D eigenvalue weighted by Crippen LogP contribution is 2.17. The number of amides is 1. The standard InChI is InChI=1S/C14H20ClNO/c1-4-11(5-2)14(17)16-10(3)12-6-8-13(15)9-7-12/h6-11H,4-5H2,1-3H3,(H,16,17). The number of hydrogen-bond donors (Lipinski definition) is 1. The summed E-state index contributed by atoms with van der Waals surface area (Å²) in [6, 6.07) is 7.61. The zero-order valence-electron chi connectivity index (χ0n) is 10.7. The summed E-state index contributed by atoms with van der Waals surface area (Å²) in [5.74, 6) is 0.252. The monoisotopic (exact) mass is 253 g/mol. The molecular weight excluding hydrogens is 234 g/mol. The first kappa shape index (κ1) is 14.0. The highest BCUT2D eigenvalue weighted by molar-refractivity contribution is 6.30. The van der Waals surface area contributed by atoms with Gasteiger partial charge in [0.25, 0.3) is 0 Å². The number of carbonyl (C=O) groups is 1. The summed E-state index contributed by atoms with van der Waals surface area (Å²) in [4.78, 5) is 11.9. The summed E-state index contributed by atoms with van der Waals surface area (Å²) in [6.07, 6.45) is 1.77. The van der Waals surface area contributed by atoms with Gasteiger partial charge in [-0.15, -0.1) is 0 Å². The molecule has 0 bridgehead atoms. The maximum atomic E-state index is 11.9. The van der Waals surface area contributed by atoms with Gasteiger partial charge in [-0.3, -0.25) is 4.79 Å². The molecule has 0 heterocycles. The van der Waals surface area contributed by atoms with Crippen LogP contribution in [0.3, 0.4) is 0 Å². The zero-order valence-corrected chi connectivity index (χ0v) is 11.4. The molecule has 1 unspecified atom stereocenters. The molecule has 1 rings (SSSR count). The van der Waals surface area contributed by atoms with Gasteiger partial charge in [0.2, 0.25) is 5.91 Å². The van der Waals surface area contributed by atoms with Gasteiger partial charge in [0.15, 0.2) is 0 Å². The average Bonchev–Trinajstić information content (AvgIpc) is 2.31. The SMILES string of the molecule is CCC(CC)C(=O)NC(C)c1ccc(Cl)cc1. The normalized spacial score (nSPS) is 12.5. The van der Waals surface area contributed by atoms with Gasteiger partial charge in [0.05, 0.1) is 6.04 Å². The van der Waals surface area contributed by atoms with Crippen LogP contribution >= 0.6 is 11.6 Å². The van der Waals surface area contributed by atoms with Crippen LogP contribution in [-0.2, 0) is 4.79 Å². The molecule has 1 amide bonds. The van der Waals surface area contributed by atoms with E-state index < -0.39 is 0 Å². The van der Waals surface area contributed by atoms with Gasteiger partial charge in [-0.2, -0.15) is 0 Å². The van der Waals surface area contributed by atoms with Crippen molar-refractivity contribution in [2.75, 3.05) is 0 Å². The van der Waals surface area contributed by atoms with E-state index in [0.29, 0.717) is 5.02 Å². The molecule has 0 saturated carbocycles. The molecule has 0 spiro atoms. The lowest BCUT2D eigenvalue weighted by Crippen LogP contribution is -2.32. The van der Waals surface area contributed by atoms with Crippen LogP contribution in [0.1, 0.15) is 45.2 Å².